The van der Waals surface area contributed by atoms with E-state index >= 15 is 0 Å². The van der Waals surface area contributed by atoms with Gasteiger partial charge in [-0.15, -0.1) is 0 Å². The third kappa shape index (κ3) is 4.79. The van der Waals surface area contributed by atoms with E-state index in [1.807, 2.05) is 84.9 Å². The summed E-state index contributed by atoms with van der Waals surface area (Å²) in [4.78, 5) is 0. The van der Waals surface area contributed by atoms with E-state index in [2.05, 4.69) is 36.4 Å². The van der Waals surface area contributed by atoms with Crippen LogP contribution >= 0.6 is 0 Å². The van der Waals surface area contributed by atoms with Gasteiger partial charge in [-0.2, -0.15) is 0 Å². The molecule has 0 aliphatic heterocycles. The second kappa shape index (κ2) is 10.9. The Morgan fingerprint density at radius 2 is 0.825 bits per heavy atom. The van der Waals surface area contributed by atoms with E-state index in [9.17, 15) is 10.2 Å². The van der Waals surface area contributed by atoms with E-state index in [1.54, 1.807) is 13.8 Å². The summed E-state index contributed by atoms with van der Waals surface area (Å²) in [6.07, 6.45) is -2.13. The number of hydrogen-bond acceptors (Lipinski definition) is 4. The third-order valence-electron chi connectivity index (χ3n) is 7.00. The van der Waals surface area contributed by atoms with Crippen molar-refractivity contribution in [1.29, 1.82) is 0 Å². The molecular weight excluding hydrogens is 496 g/mol. The zero-order chi connectivity index (χ0) is 27.6. The van der Waals surface area contributed by atoms with Crippen molar-refractivity contribution in [3.05, 3.63) is 121 Å². The van der Waals surface area contributed by atoms with E-state index in [0.29, 0.717) is 11.5 Å². The Morgan fingerprint density at radius 3 is 1.20 bits per heavy atom. The lowest BCUT2D eigenvalue weighted by atomic mass is 9.86. The lowest BCUT2D eigenvalue weighted by Gasteiger charge is -2.25. The molecular formula is C36H30O4. The van der Waals surface area contributed by atoms with Gasteiger partial charge in [-0.25, -0.2) is 0 Å². The van der Waals surface area contributed by atoms with Gasteiger partial charge in [0.1, 0.15) is 11.5 Å². The molecule has 0 spiro atoms. The van der Waals surface area contributed by atoms with Gasteiger partial charge in [0.05, 0.1) is 0 Å². The molecule has 2 atom stereocenters. The van der Waals surface area contributed by atoms with Crippen LogP contribution in [0.3, 0.4) is 0 Å². The average Bonchev–Trinajstić information content (AvgIpc) is 2.97. The molecule has 0 aromatic heterocycles. The number of hydrogen-bond donors (Lipinski definition) is 2. The zero-order valence-corrected chi connectivity index (χ0v) is 22.4. The van der Waals surface area contributed by atoms with Gasteiger partial charge in [0.2, 0.25) is 0 Å². The highest BCUT2D eigenvalue weighted by Gasteiger charge is 2.26. The first kappa shape index (κ1) is 25.6. The van der Waals surface area contributed by atoms with Gasteiger partial charge < -0.3 is 19.7 Å². The molecule has 4 nitrogen and oxygen atoms in total. The highest BCUT2D eigenvalue weighted by atomic mass is 16.6. The lowest BCUT2D eigenvalue weighted by molar-refractivity contribution is -0.00124. The molecule has 40 heavy (non-hydrogen) atoms. The Kier molecular flexibility index (Phi) is 6.95. The standard InChI is InChI=1S/C36H30O4/c1-23(37)39-35-31(25-13-5-3-6-14-25)21-27-17-9-11-19-29(27)33(35)34-30-20-12-10-18-28(30)22-32(36(34)40-24(2)38)26-15-7-4-8-16-26/h3-24,37-38H,1-2H3. The smallest absolute Gasteiger partial charge is 0.194 e. The fraction of sp³-hybridized carbons (Fsp3) is 0.111. The topological polar surface area (TPSA) is 58.9 Å². The minimum Gasteiger partial charge on any atom is -0.464 e. The van der Waals surface area contributed by atoms with Gasteiger partial charge in [-0.1, -0.05) is 109 Å². The van der Waals surface area contributed by atoms with Crippen molar-refractivity contribution >= 4 is 21.5 Å². The minimum absolute atomic E-state index is 0.547. The van der Waals surface area contributed by atoms with Crippen molar-refractivity contribution in [2.45, 2.75) is 26.4 Å². The molecule has 0 aliphatic rings. The average molecular weight is 527 g/mol. The van der Waals surface area contributed by atoms with E-state index < -0.39 is 12.6 Å². The predicted octanol–water partition coefficient (Wildman–Crippen LogP) is 8.43. The van der Waals surface area contributed by atoms with Crippen LogP contribution in [0.25, 0.3) is 54.9 Å². The Labute approximate surface area is 233 Å². The molecule has 0 amide bonds. The summed E-state index contributed by atoms with van der Waals surface area (Å²) >= 11 is 0. The fourth-order valence-corrected chi connectivity index (χ4v) is 5.40. The van der Waals surface area contributed by atoms with Gasteiger partial charge in [0, 0.05) is 22.3 Å². The number of aliphatic hydroxyl groups is 2. The second-order valence-corrected chi connectivity index (χ2v) is 9.87. The summed E-state index contributed by atoms with van der Waals surface area (Å²) in [6.45, 7) is 3.22. The SMILES string of the molecule is CC(O)Oc1c(-c2ccccc2)cc2ccccc2c1-c1c(OC(C)O)c(-c2ccccc2)cc2ccccc12. The Morgan fingerprint density at radius 1 is 0.475 bits per heavy atom. The molecule has 0 saturated carbocycles. The van der Waals surface area contributed by atoms with Gasteiger partial charge in [-0.3, -0.25) is 0 Å². The third-order valence-corrected chi connectivity index (χ3v) is 7.00. The summed E-state index contributed by atoms with van der Waals surface area (Å²) in [7, 11) is 0. The normalized spacial score (nSPS) is 12.8. The molecule has 0 radical (unpaired) electrons. The molecule has 198 valence electrons. The van der Waals surface area contributed by atoms with Crippen LogP contribution in [-0.4, -0.2) is 22.8 Å². The van der Waals surface area contributed by atoms with Crippen LogP contribution in [0.15, 0.2) is 121 Å². The first-order valence-corrected chi connectivity index (χ1v) is 13.4. The van der Waals surface area contributed by atoms with Crippen LogP contribution in [0.1, 0.15) is 13.8 Å². The number of rotatable bonds is 7. The van der Waals surface area contributed by atoms with Crippen LogP contribution < -0.4 is 9.47 Å². The summed E-state index contributed by atoms with van der Waals surface area (Å²) < 4.78 is 12.6. The first-order chi connectivity index (χ1) is 19.5. The fourth-order valence-electron chi connectivity index (χ4n) is 5.40. The Hall–Kier alpha value is -4.64. The molecule has 0 aliphatic carbocycles. The lowest BCUT2D eigenvalue weighted by Crippen LogP contribution is -2.13. The van der Waals surface area contributed by atoms with E-state index in [-0.39, 0.29) is 0 Å². The molecule has 2 unspecified atom stereocenters. The number of fused-ring (bicyclic) bond motifs is 2. The van der Waals surface area contributed by atoms with Crippen molar-refractivity contribution in [2.75, 3.05) is 0 Å². The largest absolute Gasteiger partial charge is 0.464 e. The van der Waals surface area contributed by atoms with Crippen molar-refractivity contribution in [3.63, 3.8) is 0 Å². The van der Waals surface area contributed by atoms with Crippen LogP contribution in [0.2, 0.25) is 0 Å². The number of ether oxygens (including phenoxy) is 2. The summed E-state index contributed by atoms with van der Waals surface area (Å²) in [5.41, 5.74) is 5.23. The van der Waals surface area contributed by atoms with E-state index in [1.165, 1.54) is 0 Å². The first-order valence-electron chi connectivity index (χ1n) is 13.4. The maximum absolute atomic E-state index is 10.6. The Bertz CT molecular complexity index is 1660. The molecule has 0 bridgehead atoms. The molecule has 6 aromatic rings. The molecule has 4 heteroatoms. The van der Waals surface area contributed by atoms with E-state index in [0.717, 1.165) is 54.9 Å². The van der Waals surface area contributed by atoms with Gasteiger partial charge in [0.25, 0.3) is 0 Å². The van der Waals surface area contributed by atoms with Crippen molar-refractivity contribution in [2.24, 2.45) is 0 Å². The minimum atomic E-state index is -1.06. The predicted molar refractivity (Wildman–Crippen MR) is 162 cm³/mol. The quantitative estimate of drug-likeness (QED) is 0.205. The van der Waals surface area contributed by atoms with Crippen LogP contribution in [0.5, 0.6) is 11.5 Å². The highest BCUT2D eigenvalue weighted by Crippen LogP contribution is 2.52. The Balaban J connectivity index is 1.84. The molecule has 0 fully saturated rings. The monoisotopic (exact) mass is 526 g/mol. The number of aliphatic hydroxyl groups excluding tert-OH is 2. The molecule has 6 rings (SSSR count). The number of benzene rings is 6. The summed E-state index contributed by atoms with van der Waals surface area (Å²) in [5.74, 6) is 1.09. The van der Waals surface area contributed by atoms with E-state index in [4.69, 9.17) is 9.47 Å². The molecule has 0 saturated heterocycles. The molecule has 0 heterocycles. The summed E-state index contributed by atoms with van der Waals surface area (Å²) in [5, 5.41) is 25.1. The van der Waals surface area contributed by atoms with Crippen LogP contribution in [0.4, 0.5) is 0 Å². The maximum atomic E-state index is 10.6. The van der Waals surface area contributed by atoms with Crippen molar-refractivity contribution in [1.82, 2.24) is 0 Å². The molecule has 2 N–H and O–H groups in total. The highest BCUT2D eigenvalue weighted by molar-refractivity contribution is 6.14. The summed E-state index contributed by atoms with van der Waals surface area (Å²) in [6, 6.07) is 40.6. The van der Waals surface area contributed by atoms with Gasteiger partial charge in [-0.05, 0) is 58.7 Å². The van der Waals surface area contributed by atoms with Crippen molar-refractivity contribution < 1.29 is 19.7 Å². The van der Waals surface area contributed by atoms with Crippen molar-refractivity contribution in [3.8, 4) is 44.9 Å². The zero-order valence-electron chi connectivity index (χ0n) is 22.4. The maximum Gasteiger partial charge on any atom is 0.194 e. The van der Waals surface area contributed by atoms with Crippen LogP contribution in [-0.2, 0) is 0 Å². The van der Waals surface area contributed by atoms with Gasteiger partial charge in [0.15, 0.2) is 12.6 Å². The second-order valence-electron chi connectivity index (χ2n) is 9.87. The molecule has 6 aromatic carbocycles. The van der Waals surface area contributed by atoms with Gasteiger partial charge >= 0.3 is 0 Å². The van der Waals surface area contributed by atoms with Crippen LogP contribution in [0, 0.1) is 0 Å².